The predicted molar refractivity (Wildman–Crippen MR) is 128 cm³/mol. The minimum absolute atomic E-state index is 0.485. The number of para-hydroxylation sites is 2. The first-order valence-electron chi connectivity index (χ1n) is 11.3. The van der Waals surface area contributed by atoms with Crippen molar-refractivity contribution in [3.8, 4) is 5.75 Å². The van der Waals surface area contributed by atoms with E-state index in [0.29, 0.717) is 25.9 Å². The van der Waals surface area contributed by atoms with Gasteiger partial charge in [0.2, 0.25) is 0 Å². The number of β-amino-alcohol motifs (C(OH)–C–C–N with tert-alkyl or cyclic N) is 1. The molecule has 5 heteroatoms. The monoisotopic (exact) mass is 430 g/mol. The SMILES string of the molecule is COc1ccc(C2(O)CCN(CC(O)Cn3c4ccccc4c4ccccc43)CC2)cc1. The highest BCUT2D eigenvalue weighted by Crippen LogP contribution is 2.34. The third-order valence-corrected chi connectivity index (χ3v) is 6.85. The highest BCUT2D eigenvalue weighted by Gasteiger charge is 2.34. The average Bonchev–Trinajstić information content (AvgIpc) is 3.14. The number of rotatable bonds is 6. The highest BCUT2D eigenvalue weighted by molar-refractivity contribution is 6.07. The van der Waals surface area contributed by atoms with Crippen molar-refractivity contribution in [1.82, 2.24) is 9.47 Å². The molecule has 1 aliphatic rings. The van der Waals surface area contributed by atoms with Crippen molar-refractivity contribution in [3.63, 3.8) is 0 Å². The van der Waals surface area contributed by atoms with Gasteiger partial charge in [-0.3, -0.25) is 0 Å². The Morgan fingerprint density at radius 2 is 1.41 bits per heavy atom. The van der Waals surface area contributed by atoms with Crippen LogP contribution in [-0.2, 0) is 12.1 Å². The number of benzene rings is 3. The zero-order chi connectivity index (χ0) is 22.1. The summed E-state index contributed by atoms with van der Waals surface area (Å²) in [6.07, 6.45) is 0.824. The van der Waals surface area contributed by atoms with Crippen molar-refractivity contribution >= 4 is 21.8 Å². The van der Waals surface area contributed by atoms with Gasteiger partial charge in [0.25, 0.3) is 0 Å². The molecule has 1 aliphatic heterocycles. The Kier molecular flexibility index (Phi) is 5.64. The maximum atomic E-state index is 11.2. The van der Waals surface area contributed by atoms with E-state index < -0.39 is 11.7 Å². The van der Waals surface area contributed by atoms with Gasteiger partial charge in [-0.1, -0.05) is 48.5 Å². The number of aliphatic hydroxyl groups is 2. The van der Waals surface area contributed by atoms with Gasteiger partial charge < -0.3 is 24.4 Å². The van der Waals surface area contributed by atoms with Gasteiger partial charge in [0.05, 0.1) is 25.4 Å². The lowest BCUT2D eigenvalue weighted by molar-refractivity contribution is -0.0351. The van der Waals surface area contributed by atoms with Crippen LogP contribution in [0, 0.1) is 0 Å². The molecule has 3 aromatic carbocycles. The Morgan fingerprint density at radius 1 is 0.844 bits per heavy atom. The first-order chi connectivity index (χ1) is 15.6. The number of aliphatic hydroxyl groups excluding tert-OH is 1. The second-order valence-corrected chi connectivity index (χ2v) is 8.86. The van der Waals surface area contributed by atoms with E-state index in [-0.39, 0.29) is 0 Å². The van der Waals surface area contributed by atoms with Crippen LogP contribution in [0.3, 0.4) is 0 Å². The molecule has 0 saturated carbocycles. The van der Waals surface area contributed by atoms with Crippen molar-refractivity contribution in [3.05, 3.63) is 78.4 Å². The predicted octanol–water partition coefficient (Wildman–Crippen LogP) is 4.15. The molecule has 0 radical (unpaired) electrons. The van der Waals surface area contributed by atoms with Crippen molar-refractivity contribution in [2.24, 2.45) is 0 Å². The van der Waals surface area contributed by atoms with Gasteiger partial charge >= 0.3 is 0 Å². The van der Waals surface area contributed by atoms with Crippen LogP contribution in [0.25, 0.3) is 21.8 Å². The molecular formula is C27H30N2O3. The Balaban J connectivity index is 1.26. The zero-order valence-electron chi connectivity index (χ0n) is 18.4. The van der Waals surface area contributed by atoms with Crippen molar-refractivity contribution < 1.29 is 14.9 Å². The summed E-state index contributed by atoms with van der Waals surface area (Å²) in [7, 11) is 1.65. The smallest absolute Gasteiger partial charge is 0.118 e. The fourth-order valence-electron chi connectivity index (χ4n) is 5.06. The second-order valence-electron chi connectivity index (χ2n) is 8.86. The van der Waals surface area contributed by atoms with E-state index in [0.717, 1.165) is 35.4 Å². The second kappa shape index (κ2) is 8.58. The van der Waals surface area contributed by atoms with Gasteiger partial charge in [-0.25, -0.2) is 0 Å². The van der Waals surface area contributed by atoms with Crippen molar-refractivity contribution in [1.29, 1.82) is 0 Å². The molecule has 166 valence electrons. The van der Waals surface area contributed by atoms with Crippen LogP contribution in [0.4, 0.5) is 0 Å². The first-order valence-corrected chi connectivity index (χ1v) is 11.3. The van der Waals surface area contributed by atoms with Crippen molar-refractivity contribution in [2.45, 2.75) is 31.1 Å². The molecule has 5 rings (SSSR count). The molecule has 1 fully saturated rings. The van der Waals surface area contributed by atoms with E-state index >= 15 is 0 Å². The number of ether oxygens (including phenoxy) is 1. The molecule has 5 nitrogen and oxygen atoms in total. The molecule has 1 aromatic heterocycles. The fraction of sp³-hybridized carbons (Fsp3) is 0.333. The number of piperidine rings is 1. The summed E-state index contributed by atoms with van der Waals surface area (Å²) in [6, 6.07) is 24.5. The van der Waals surface area contributed by atoms with E-state index in [1.54, 1.807) is 7.11 Å². The fourth-order valence-corrected chi connectivity index (χ4v) is 5.06. The molecule has 0 spiro atoms. The molecule has 0 amide bonds. The summed E-state index contributed by atoms with van der Waals surface area (Å²) in [5, 5.41) is 24.6. The molecule has 32 heavy (non-hydrogen) atoms. The van der Waals surface area contributed by atoms with Gasteiger partial charge in [0.1, 0.15) is 5.75 Å². The Hall–Kier alpha value is -2.86. The summed E-state index contributed by atoms with van der Waals surface area (Å²) in [6.45, 7) is 2.66. The van der Waals surface area contributed by atoms with Gasteiger partial charge in [-0.15, -0.1) is 0 Å². The normalized spacial score (nSPS) is 17.6. The number of nitrogens with zero attached hydrogens (tertiary/aromatic N) is 2. The zero-order valence-corrected chi connectivity index (χ0v) is 18.4. The lowest BCUT2D eigenvalue weighted by atomic mass is 9.84. The Morgan fingerprint density at radius 3 is 1.97 bits per heavy atom. The molecule has 1 atom stereocenters. The third-order valence-electron chi connectivity index (χ3n) is 6.85. The van der Waals surface area contributed by atoms with E-state index in [1.165, 1.54) is 10.8 Å². The van der Waals surface area contributed by atoms with Crippen LogP contribution in [0.15, 0.2) is 72.8 Å². The largest absolute Gasteiger partial charge is 0.497 e. The van der Waals surface area contributed by atoms with Crippen LogP contribution in [0.5, 0.6) is 5.75 Å². The molecule has 0 bridgehead atoms. The number of hydrogen-bond acceptors (Lipinski definition) is 4. The average molecular weight is 431 g/mol. The van der Waals surface area contributed by atoms with E-state index in [2.05, 4.69) is 58.0 Å². The molecule has 1 saturated heterocycles. The first kappa shape index (κ1) is 21.0. The minimum Gasteiger partial charge on any atom is -0.497 e. The standard InChI is InChI=1S/C27H30N2O3/c1-32-22-12-10-20(11-13-22)27(31)14-16-28(17-15-27)18-21(30)19-29-25-8-4-2-6-23(25)24-7-3-5-9-26(24)29/h2-13,21,30-31H,14-19H2,1H3. The van der Waals surface area contributed by atoms with E-state index in [1.807, 2.05) is 24.3 Å². The number of aromatic nitrogens is 1. The number of likely N-dealkylation sites (tertiary alicyclic amines) is 1. The van der Waals surface area contributed by atoms with Crippen LogP contribution < -0.4 is 4.74 Å². The lowest BCUT2D eigenvalue weighted by Gasteiger charge is -2.39. The summed E-state index contributed by atoms with van der Waals surface area (Å²) in [5.41, 5.74) is 2.42. The number of hydrogen-bond donors (Lipinski definition) is 2. The molecule has 4 aromatic rings. The summed E-state index contributed by atoms with van der Waals surface area (Å²) in [4.78, 5) is 2.26. The molecular weight excluding hydrogens is 400 g/mol. The Labute approximate surface area is 188 Å². The maximum absolute atomic E-state index is 11.2. The third kappa shape index (κ3) is 3.88. The number of methoxy groups -OCH3 is 1. The van der Waals surface area contributed by atoms with Gasteiger partial charge in [-0.05, 0) is 42.7 Å². The van der Waals surface area contributed by atoms with E-state index in [4.69, 9.17) is 4.74 Å². The van der Waals surface area contributed by atoms with Crippen LogP contribution in [0.2, 0.25) is 0 Å². The topological polar surface area (TPSA) is 57.9 Å². The lowest BCUT2D eigenvalue weighted by Crippen LogP contribution is -2.45. The van der Waals surface area contributed by atoms with Gasteiger partial charge in [0.15, 0.2) is 0 Å². The summed E-state index contributed by atoms with van der Waals surface area (Å²) >= 11 is 0. The quantitative estimate of drug-likeness (QED) is 0.483. The number of fused-ring (bicyclic) bond motifs is 3. The summed E-state index contributed by atoms with van der Waals surface area (Å²) in [5.74, 6) is 0.794. The minimum atomic E-state index is -0.819. The van der Waals surface area contributed by atoms with Gasteiger partial charge in [0, 0.05) is 41.4 Å². The van der Waals surface area contributed by atoms with Crippen molar-refractivity contribution in [2.75, 3.05) is 26.7 Å². The molecule has 2 heterocycles. The Bertz CT molecular complexity index is 1150. The van der Waals surface area contributed by atoms with E-state index in [9.17, 15) is 10.2 Å². The van der Waals surface area contributed by atoms with Gasteiger partial charge in [-0.2, -0.15) is 0 Å². The van der Waals surface area contributed by atoms with Crippen LogP contribution in [-0.4, -0.2) is 52.5 Å². The molecule has 1 unspecified atom stereocenters. The van der Waals surface area contributed by atoms with Crippen LogP contribution in [0.1, 0.15) is 18.4 Å². The molecule has 2 N–H and O–H groups in total. The summed E-state index contributed by atoms with van der Waals surface area (Å²) < 4.78 is 7.46. The highest BCUT2D eigenvalue weighted by atomic mass is 16.5. The molecule has 0 aliphatic carbocycles. The maximum Gasteiger partial charge on any atom is 0.118 e. The van der Waals surface area contributed by atoms with Crippen LogP contribution >= 0.6 is 0 Å².